The number of aromatic amines is 1. The van der Waals surface area contributed by atoms with Crippen LogP contribution < -0.4 is 16.0 Å². The van der Waals surface area contributed by atoms with E-state index in [1.807, 2.05) is 0 Å². The summed E-state index contributed by atoms with van der Waals surface area (Å²) in [5, 5.41) is 11.0. The Kier molecular flexibility index (Phi) is 4.40. The number of nitrogens with one attached hydrogen (secondary N) is 1. The molecule has 1 aromatic heterocycles. The molecule has 0 aliphatic heterocycles. The van der Waals surface area contributed by atoms with E-state index in [2.05, 4.69) is 4.98 Å². The van der Waals surface area contributed by atoms with Gasteiger partial charge in [0.1, 0.15) is 0 Å². The molecule has 2 rings (SSSR count). The van der Waals surface area contributed by atoms with Gasteiger partial charge in [0.2, 0.25) is 0 Å². The molecule has 0 aliphatic carbocycles. The maximum Gasteiger partial charge on any atom is 0.328 e. The molecule has 0 saturated carbocycles. The molecule has 21 heavy (non-hydrogen) atoms. The maximum absolute atomic E-state index is 11.7. The molecule has 110 valence electrons. The number of nitro benzene ring substituents is 1. The highest BCUT2D eigenvalue weighted by molar-refractivity contribution is 14.1. The van der Waals surface area contributed by atoms with Gasteiger partial charge < -0.3 is 4.74 Å². The lowest BCUT2D eigenvalue weighted by molar-refractivity contribution is -0.385. The summed E-state index contributed by atoms with van der Waals surface area (Å²) in [5.41, 5.74) is -0.661. The third-order valence-corrected chi connectivity index (χ3v) is 3.53. The van der Waals surface area contributed by atoms with Gasteiger partial charge in [0.15, 0.2) is 5.75 Å². The van der Waals surface area contributed by atoms with Gasteiger partial charge in [-0.15, -0.1) is 0 Å². The van der Waals surface area contributed by atoms with E-state index < -0.39 is 16.2 Å². The SMILES string of the molecule is COc1ccc(Cn2cc(I)c(=O)[nH]c2=O)cc1[N+](=O)[O-]. The molecule has 1 heterocycles. The summed E-state index contributed by atoms with van der Waals surface area (Å²) >= 11 is 1.81. The summed E-state index contributed by atoms with van der Waals surface area (Å²) in [7, 11) is 1.34. The molecule has 0 spiro atoms. The molecule has 8 nitrogen and oxygen atoms in total. The van der Waals surface area contributed by atoms with Crippen LogP contribution in [0.5, 0.6) is 5.75 Å². The number of ether oxygens (including phenoxy) is 1. The fourth-order valence-corrected chi connectivity index (χ4v) is 2.24. The van der Waals surface area contributed by atoms with Crippen LogP contribution in [0.1, 0.15) is 5.56 Å². The quantitative estimate of drug-likeness (QED) is 0.468. The number of rotatable bonds is 4. The summed E-state index contributed by atoms with van der Waals surface area (Å²) in [5.74, 6) is 0.146. The van der Waals surface area contributed by atoms with Crippen molar-refractivity contribution in [1.29, 1.82) is 0 Å². The Morgan fingerprint density at radius 1 is 1.43 bits per heavy atom. The molecular weight excluding hydrogens is 393 g/mol. The molecule has 1 N–H and O–H groups in total. The number of benzene rings is 1. The van der Waals surface area contributed by atoms with Crippen LogP contribution in [0.2, 0.25) is 0 Å². The number of halogens is 1. The number of nitrogens with zero attached hydrogens (tertiary/aromatic N) is 2. The minimum absolute atomic E-state index is 0.108. The first kappa shape index (κ1) is 15.2. The lowest BCUT2D eigenvalue weighted by Gasteiger charge is -2.07. The molecule has 0 saturated heterocycles. The average molecular weight is 403 g/mol. The first-order valence-corrected chi connectivity index (χ1v) is 6.81. The number of hydrogen-bond donors (Lipinski definition) is 1. The Balaban J connectivity index is 2.43. The lowest BCUT2D eigenvalue weighted by Crippen LogP contribution is -2.31. The first-order chi connectivity index (χ1) is 9.92. The first-order valence-electron chi connectivity index (χ1n) is 5.73. The van der Waals surface area contributed by atoms with Gasteiger partial charge in [-0.05, 0) is 34.2 Å². The molecule has 0 radical (unpaired) electrons. The Morgan fingerprint density at radius 3 is 2.76 bits per heavy atom. The molecule has 0 fully saturated rings. The van der Waals surface area contributed by atoms with Gasteiger partial charge in [0.25, 0.3) is 5.56 Å². The monoisotopic (exact) mass is 403 g/mol. The normalized spacial score (nSPS) is 10.4. The minimum atomic E-state index is -0.570. The van der Waals surface area contributed by atoms with Crippen LogP contribution in [0, 0.1) is 13.7 Å². The van der Waals surface area contributed by atoms with E-state index in [4.69, 9.17) is 4.74 Å². The average Bonchev–Trinajstić information content (AvgIpc) is 2.44. The third kappa shape index (κ3) is 3.29. The Hall–Kier alpha value is -2.17. The largest absolute Gasteiger partial charge is 0.490 e. The van der Waals surface area contributed by atoms with Crippen molar-refractivity contribution in [1.82, 2.24) is 9.55 Å². The van der Waals surface area contributed by atoms with E-state index in [1.54, 1.807) is 28.7 Å². The molecule has 0 bridgehead atoms. The zero-order valence-corrected chi connectivity index (χ0v) is 13.0. The Bertz CT molecular complexity index is 811. The summed E-state index contributed by atoms with van der Waals surface area (Å²) in [6.45, 7) is 0.108. The van der Waals surface area contributed by atoms with Crippen LogP contribution in [-0.2, 0) is 6.54 Å². The van der Waals surface area contributed by atoms with Gasteiger partial charge in [0.05, 0.1) is 22.1 Å². The molecule has 0 amide bonds. The highest BCUT2D eigenvalue weighted by Crippen LogP contribution is 2.27. The zero-order valence-electron chi connectivity index (χ0n) is 10.8. The van der Waals surface area contributed by atoms with Gasteiger partial charge in [0, 0.05) is 12.3 Å². The minimum Gasteiger partial charge on any atom is -0.490 e. The van der Waals surface area contributed by atoms with Crippen molar-refractivity contribution in [2.75, 3.05) is 7.11 Å². The summed E-state index contributed by atoms with van der Waals surface area (Å²) < 4.78 is 6.54. The molecule has 9 heteroatoms. The lowest BCUT2D eigenvalue weighted by atomic mass is 10.2. The van der Waals surface area contributed by atoms with Crippen LogP contribution in [0.25, 0.3) is 0 Å². The second-order valence-electron chi connectivity index (χ2n) is 4.13. The van der Waals surface area contributed by atoms with Gasteiger partial charge >= 0.3 is 11.4 Å². The predicted octanol–water partition coefficient (Wildman–Crippen LogP) is 1.11. The second-order valence-corrected chi connectivity index (χ2v) is 5.29. The molecule has 1 aromatic carbocycles. The Labute approximate surface area is 131 Å². The van der Waals surface area contributed by atoms with E-state index >= 15 is 0 Å². The van der Waals surface area contributed by atoms with Crippen molar-refractivity contribution in [2.24, 2.45) is 0 Å². The Morgan fingerprint density at radius 2 is 2.14 bits per heavy atom. The van der Waals surface area contributed by atoms with E-state index in [0.29, 0.717) is 9.13 Å². The molecule has 0 atom stereocenters. The van der Waals surface area contributed by atoms with E-state index in [1.165, 1.54) is 30.0 Å². The van der Waals surface area contributed by atoms with E-state index in [0.717, 1.165) is 0 Å². The molecule has 0 unspecified atom stereocenters. The van der Waals surface area contributed by atoms with Crippen molar-refractivity contribution >= 4 is 28.3 Å². The van der Waals surface area contributed by atoms with Crippen molar-refractivity contribution in [2.45, 2.75) is 6.54 Å². The predicted molar refractivity (Wildman–Crippen MR) is 82.8 cm³/mol. The topological polar surface area (TPSA) is 107 Å². The highest BCUT2D eigenvalue weighted by Gasteiger charge is 2.15. The number of H-pyrrole nitrogens is 1. The van der Waals surface area contributed by atoms with Gasteiger partial charge in [-0.2, -0.15) is 0 Å². The van der Waals surface area contributed by atoms with Crippen molar-refractivity contribution in [3.8, 4) is 5.75 Å². The van der Waals surface area contributed by atoms with Crippen LogP contribution in [0.4, 0.5) is 5.69 Å². The van der Waals surface area contributed by atoms with Crippen LogP contribution in [0.3, 0.4) is 0 Å². The van der Waals surface area contributed by atoms with Crippen LogP contribution in [0.15, 0.2) is 34.0 Å². The van der Waals surface area contributed by atoms with Crippen LogP contribution in [-0.4, -0.2) is 21.6 Å². The van der Waals surface area contributed by atoms with Crippen LogP contribution >= 0.6 is 22.6 Å². The van der Waals surface area contributed by atoms with Crippen molar-refractivity contribution < 1.29 is 9.66 Å². The van der Waals surface area contributed by atoms with Gasteiger partial charge in [-0.25, -0.2) is 4.79 Å². The van der Waals surface area contributed by atoms with E-state index in [9.17, 15) is 19.7 Å². The van der Waals surface area contributed by atoms with Crippen molar-refractivity contribution in [3.63, 3.8) is 0 Å². The van der Waals surface area contributed by atoms with Gasteiger partial charge in [-0.3, -0.25) is 24.5 Å². The molecular formula is C12H10IN3O5. The van der Waals surface area contributed by atoms with Crippen molar-refractivity contribution in [3.05, 3.63) is 64.5 Å². The summed E-state index contributed by atoms with van der Waals surface area (Å²) in [4.78, 5) is 35.6. The fraction of sp³-hybridized carbons (Fsp3) is 0.167. The highest BCUT2D eigenvalue weighted by atomic mass is 127. The zero-order chi connectivity index (χ0) is 15.6. The number of hydrogen-bond acceptors (Lipinski definition) is 5. The number of nitro groups is 1. The maximum atomic E-state index is 11.7. The van der Waals surface area contributed by atoms with E-state index in [-0.39, 0.29) is 18.0 Å². The fourth-order valence-electron chi connectivity index (χ4n) is 1.77. The second kappa shape index (κ2) is 6.08. The smallest absolute Gasteiger partial charge is 0.328 e. The number of methoxy groups -OCH3 is 1. The molecule has 0 aliphatic rings. The number of aromatic nitrogens is 2. The molecule has 2 aromatic rings. The summed E-state index contributed by atoms with van der Waals surface area (Å²) in [6.07, 6.45) is 1.40. The summed E-state index contributed by atoms with van der Waals surface area (Å²) in [6, 6.07) is 4.43. The third-order valence-electron chi connectivity index (χ3n) is 2.76. The van der Waals surface area contributed by atoms with Gasteiger partial charge in [-0.1, -0.05) is 6.07 Å². The standard InChI is InChI=1S/C12H10IN3O5/c1-21-10-3-2-7(4-9(10)16(19)20)5-15-6-8(13)11(17)14-12(15)18/h2-4,6H,5H2,1H3,(H,14,17,18).